The third-order valence-electron chi connectivity index (χ3n) is 4.63. The lowest BCUT2D eigenvalue weighted by Gasteiger charge is -2.24. The lowest BCUT2D eigenvalue weighted by atomic mass is 9.94. The number of thiocarbonyl (C=S) groups is 1. The Balaban J connectivity index is 1.78. The van der Waals surface area contributed by atoms with Gasteiger partial charge in [-0.2, -0.15) is 0 Å². The van der Waals surface area contributed by atoms with Gasteiger partial charge < -0.3 is 15.4 Å². The van der Waals surface area contributed by atoms with Gasteiger partial charge in [-0.05, 0) is 80.9 Å². The molecule has 1 atom stereocenters. The summed E-state index contributed by atoms with van der Waals surface area (Å²) in [5.74, 6) is 0.849. The first-order valence-corrected chi connectivity index (χ1v) is 10.3. The molecule has 0 fully saturated rings. The van der Waals surface area contributed by atoms with Gasteiger partial charge in [0.05, 0.1) is 12.1 Å². The van der Waals surface area contributed by atoms with Crippen LogP contribution < -0.4 is 15.4 Å². The maximum atomic E-state index is 5.70. The molecule has 4 heteroatoms. The molecule has 29 heavy (non-hydrogen) atoms. The Labute approximate surface area is 179 Å². The molecule has 0 heterocycles. The van der Waals surface area contributed by atoms with Crippen LogP contribution in [-0.4, -0.2) is 11.2 Å². The molecule has 0 unspecified atom stereocenters. The molecule has 0 radical (unpaired) electrons. The minimum atomic E-state index is -0.0275. The van der Waals surface area contributed by atoms with E-state index in [4.69, 9.17) is 17.0 Å². The van der Waals surface area contributed by atoms with Crippen molar-refractivity contribution >= 4 is 23.0 Å². The van der Waals surface area contributed by atoms with Gasteiger partial charge in [-0.15, -0.1) is 0 Å². The van der Waals surface area contributed by atoms with Crippen molar-refractivity contribution < 1.29 is 4.74 Å². The van der Waals surface area contributed by atoms with E-state index >= 15 is 0 Å². The molecule has 2 N–H and O–H groups in total. The quantitative estimate of drug-likeness (QED) is 0.482. The monoisotopic (exact) mass is 404 g/mol. The van der Waals surface area contributed by atoms with Gasteiger partial charge in [-0.1, -0.05) is 54.1 Å². The summed E-state index contributed by atoms with van der Waals surface area (Å²) < 4.78 is 5.70. The van der Waals surface area contributed by atoms with Gasteiger partial charge >= 0.3 is 0 Å². The van der Waals surface area contributed by atoms with E-state index in [1.807, 2.05) is 44.2 Å². The summed E-state index contributed by atoms with van der Waals surface area (Å²) in [6, 6.07) is 24.7. The molecule has 0 aromatic heterocycles. The largest absolute Gasteiger partial charge is 0.491 e. The topological polar surface area (TPSA) is 33.3 Å². The van der Waals surface area contributed by atoms with Crippen molar-refractivity contribution in [2.45, 2.75) is 39.8 Å². The Morgan fingerprint density at radius 1 is 0.897 bits per heavy atom. The predicted molar refractivity (Wildman–Crippen MR) is 126 cm³/mol. The third kappa shape index (κ3) is 5.81. The highest BCUT2D eigenvalue weighted by molar-refractivity contribution is 7.80. The minimum Gasteiger partial charge on any atom is -0.491 e. The van der Waals surface area contributed by atoms with Crippen LogP contribution >= 0.6 is 12.2 Å². The molecular formula is C25H28N2OS. The molecule has 0 saturated carbocycles. The van der Waals surface area contributed by atoms with E-state index in [1.54, 1.807) is 0 Å². The second-order valence-corrected chi connectivity index (χ2v) is 7.90. The number of anilines is 1. The Bertz CT molecular complexity index is 952. The second kappa shape index (κ2) is 9.57. The van der Waals surface area contributed by atoms with Crippen LogP contribution in [0, 0.1) is 13.8 Å². The lowest BCUT2D eigenvalue weighted by molar-refractivity contribution is 0.242. The highest BCUT2D eigenvalue weighted by Crippen LogP contribution is 2.26. The van der Waals surface area contributed by atoms with Gasteiger partial charge in [0.15, 0.2) is 5.11 Å². The smallest absolute Gasteiger partial charge is 0.171 e. The molecule has 0 spiro atoms. The number of hydrogen-bond donors (Lipinski definition) is 2. The van der Waals surface area contributed by atoms with Crippen LogP contribution in [0.2, 0.25) is 0 Å². The number of rotatable bonds is 6. The van der Waals surface area contributed by atoms with Crippen LogP contribution in [0.4, 0.5) is 5.69 Å². The van der Waals surface area contributed by atoms with E-state index in [0.717, 1.165) is 11.4 Å². The van der Waals surface area contributed by atoms with Crippen LogP contribution in [0.3, 0.4) is 0 Å². The Hall–Kier alpha value is -2.85. The van der Waals surface area contributed by atoms with E-state index < -0.39 is 0 Å². The maximum absolute atomic E-state index is 5.70. The fourth-order valence-electron chi connectivity index (χ4n) is 3.32. The van der Waals surface area contributed by atoms with Gasteiger partial charge in [0, 0.05) is 5.69 Å². The summed E-state index contributed by atoms with van der Waals surface area (Å²) in [7, 11) is 0. The summed E-state index contributed by atoms with van der Waals surface area (Å²) in [6.45, 7) is 8.29. The van der Waals surface area contributed by atoms with Gasteiger partial charge in [0.25, 0.3) is 0 Å². The number of ether oxygens (including phenoxy) is 1. The molecule has 150 valence electrons. The van der Waals surface area contributed by atoms with Crippen LogP contribution in [0.25, 0.3) is 0 Å². The molecule has 0 amide bonds. The van der Waals surface area contributed by atoms with E-state index in [9.17, 15) is 0 Å². The molecule has 0 bridgehead atoms. The standard InChI is InChI=1S/C25H28N2OS/c1-17(2)28-22-13-11-21(12-14-22)26-25(29)27-24(20-8-6-5-7-9-20)23-15-10-18(3)16-19(23)4/h5-17,24H,1-4H3,(H2,26,27,29)/t24-/m0/s1. The second-order valence-electron chi connectivity index (χ2n) is 7.49. The molecule has 0 aliphatic rings. The number of hydrogen-bond acceptors (Lipinski definition) is 2. The average Bonchev–Trinajstić information content (AvgIpc) is 2.68. The van der Waals surface area contributed by atoms with E-state index in [-0.39, 0.29) is 12.1 Å². The fourth-order valence-corrected chi connectivity index (χ4v) is 3.56. The highest BCUT2D eigenvalue weighted by atomic mass is 32.1. The lowest BCUT2D eigenvalue weighted by Crippen LogP contribution is -2.33. The summed E-state index contributed by atoms with van der Waals surface area (Å²) in [4.78, 5) is 0. The number of benzene rings is 3. The zero-order valence-electron chi connectivity index (χ0n) is 17.4. The zero-order valence-corrected chi connectivity index (χ0v) is 18.2. The van der Waals surface area contributed by atoms with Crippen molar-refractivity contribution in [2.75, 3.05) is 5.32 Å². The van der Waals surface area contributed by atoms with Gasteiger partial charge in [0.2, 0.25) is 0 Å². The Morgan fingerprint density at radius 2 is 1.59 bits per heavy atom. The molecule has 0 aliphatic heterocycles. The van der Waals surface area contributed by atoms with Crippen molar-refractivity contribution in [1.29, 1.82) is 0 Å². The van der Waals surface area contributed by atoms with Crippen LogP contribution in [0.5, 0.6) is 5.75 Å². The van der Waals surface area contributed by atoms with Crippen LogP contribution in [0.15, 0.2) is 72.8 Å². The first-order chi connectivity index (χ1) is 13.9. The highest BCUT2D eigenvalue weighted by Gasteiger charge is 2.17. The van der Waals surface area contributed by atoms with E-state index in [0.29, 0.717) is 5.11 Å². The molecule has 0 aliphatic carbocycles. The van der Waals surface area contributed by atoms with E-state index in [1.165, 1.54) is 22.3 Å². The first-order valence-electron chi connectivity index (χ1n) is 9.88. The Morgan fingerprint density at radius 3 is 2.21 bits per heavy atom. The summed E-state index contributed by atoms with van der Waals surface area (Å²) in [5.41, 5.74) is 5.80. The van der Waals surface area contributed by atoms with Crippen molar-refractivity contribution in [3.8, 4) is 5.75 Å². The van der Waals surface area contributed by atoms with Crippen molar-refractivity contribution in [3.63, 3.8) is 0 Å². The maximum Gasteiger partial charge on any atom is 0.171 e. The molecule has 3 aromatic rings. The SMILES string of the molecule is Cc1ccc([C@@H](NC(=S)Nc2ccc(OC(C)C)cc2)c2ccccc2)c(C)c1. The van der Waals surface area contributed by atoms with Gasteiger partial charge in [-0.3, -0.25) is 0 Å². The summed E-state index contributed by atoms with van der Waals surface area (Å²) in [5, 5.41) is 7.36. The van der Waals surface area contributed by atoms with E-state index in [2.05, 4.69) is 66.9 Å². The number of aryl methyl sites for hydroxylation is 2. The third-order valence-corrected chi connectivity index (χ3v) is 4.85. The normalized spacial score (nSPS) is 11.8. The fraction of sp³-hybridized carbons (Fsp3) is 0.240. The minimum absolute atomic E-state index is 0.0275. The average molecular weight is 405 g/mol. The molecule has 3 rings (SSSR count). The molecule has 0 saturated heterocycles. The first kappa shape index (κ1) is 20.9. The van der Waals surface area contributed by atoms with Crippen LogP contribution in [0.1, 0.15) is 42.1 Å². The van der Waals surface area contributed by atoms with Crippen LogP contribution in [-0.2, 0) is 0 Å². The molecular weight excluding hydrogens is 376 g/mol. The zero-order chi connectivity index (χ0) is 20.8. The molecule has 3 aromatic carbocycles. The predicted octanol–water partition coefficient (Wildman–Crippen LogP) is 6.17. The summed E-state index contributed by atoms with van der Waals surface area (Å²) >= 11 is 5.63. The summed E-state index contributed by atoms with van der Waals surface area (Å²) in [6.07, 6.45) is 0.154. The Kier molecular flexibility index (Phi) is 6.89. The van der Waals surface area contributed by atoms with Gasteiger partial charge in [-0.25, -0.2) is 0 Å². The number of nitrogens with one attached hydrogen (secondary N) is 2. The van der Waals surface area contributed by atoms with Crippen molar-refractivity contribution in [1.82, 2.24) is 5.32 Å². The van der Waals surface area contributed by atoms with Crippen molar-refractivity contribution in [2.24, 2.45) is 0 Å². The van der Waals surface area contributed by atoms with Gasteiger partial charge in [0.1, 0.15) is 5.75 Å². The molecule has 3 nitrogen and oxygen atoms in total. The van der Waals surface area contributed by atoms with Crippen molar-refractivity contribution in [3.05, 3.63) is 95.1 Å².